The molecule has 1 aromatic carbocycles. The summed E-state index contributed by atoms with van der Waals surface area (Å²) in [6.07, 6.45) is 4.60. The number of aromatic nitrogens is 2. The first-order chi connectivity index (χ1) is 11.2. The minimum Gasteiger partial charge on any atom is -0.361 e. The van der Waals surface area contributed by atoms with Crippen molar-refractivity contribution in [2.24, 2.45) is 0 Å². The molecule has 0 spiro atoms. The van der Waals surface area contributed by atoms with Crippen LogP contribution in [0.5, 0.6) is 0 Å². The van der Waals surface area contributed by atoms with E-state index in [1.807, 2.05) is 23.4 Å². The molecule has 118 valence electrons. The van der Waals surface area contributed by atoms with Gasteiger partial charge in [-0.1, -0.05) is 6.07 Å². The number of carbonyl (C=O) groups is 1. The van der Waals surface area contributed by atoms with Crippen LogP contribution >= 0.6 is 11.3 Å². The maximum atomic E-state index is 12.7. The van der Waals surface area contributed by atoms with Crippen molar-refractivity contribution < 1.29 is 4.79 Å². The number of nitrogens with zero attached hydrogens (tertiary/aromatic N) is 2. The lowest BCUT2D eigenvalue weighted by atomic mass is 10.1. The van der Waals surface area contributed by atoms with Crippen molar-refractivity contribution in [2.75, 3.05) is 0 Å². The zero-order valence-corrected chi connectivity index (χ0v) is 13.9. The van der Waals surface area contributed by atoms with Gasteiger partial charge in [-0.15, -0.1) is 11.3 Å². The summed E-state index contributed by atoms with van der Waals surface area (Å²) < 4.78 is 0. The van der Waals surface area contributed by atoms with Crippen LogP contribution < -0.4 is 0 Å². The molecule has 23 heavy (non-hydrogen) atoms. The zero-order valence-electron chi connectivity index (χ0n) is 13.1. The third-order valence-electron chi connectivity index (χ3n) is 4.28. The van der Waals surface area contributed by atoms with Crippen molar-refractivity contribution in [1.82, 2.24) is 14.9 Å². The summed E-state index contributed by atoms with van der Waals surface area (Å²) in [5.74, 6) is 0.187. The highest BCUT2D eigenvalue weighted by molar-refractivity contribution is 7.09. The molecule has 1 amide bonds. The van der Waals surface area contributed by atoms with Gasteiger partial charge in [0.1, 0.15) is 0 Å². The van der Waals surface area contributed by atoms with Gasteiger partial charge in [0, 0.05) is 29.7 Å². The summed E-state index contributed by atoms with van der Waals surface area (Å²) in [6, 6.07) is 8.84. The molecule has 0 atom stereocenters. The van der Waals surface area contributed by atoms with Gasteiger partial charge in [0.2, 0.25) is 5.91 Å². The van der Waals surface area contributed by atoms with Crippen LogP contribution in [0.15, 0.2) is 35.8 Å². The number of aromatic amines is 1. The number of fused-ring (bicyclic) bond motifs is 1. The second-order valence-electron chi connectivity index (χ2n) is 6.19. The summed E-state index contributed by atoms with van der Waals surface area (Å²) in [4.78, 5) is 22.4. The lowest BCUT2D eigenvalue weighted by molar-refractivity contribution is -0.131. The Balaban J connectivity index is 1.51. The first-order valence-electron chi connectivity index (χ1n) is 7.95. The Morgan fingerprint density at radius 3 is 3.00 bits per heavy atom. The Bertz CT molecular complexity index is 847. The predicted octanol–water partition coefficient (Wildman–Crippen LogP) is 3.67. The number of H-pyrrole nitrogens is 1. The molecule has 0 aliphatic heterocycles. The van der Waals surface area contributed by atoms with Crippen molar-refractivity contribution in [2.45, 2.75) is 38.8 Å². The van der Waals surface area contributed by atoms with Crippen LogP contribution in [0.2, 0.25) is 0 Å². The number of benzene rings is 1. The minimum absolute atomic E-state index is 0.187. The van der Waals surface area contributed by atoms with Gasteiger partial charge in [0.05, 0.1) is 17.1 Å². The van der Waals surface area contributed by atoms with E-state index in [-0.39, 0.29) is 5.91 Å². The maximum absolute atomic E-state index is 12.7. The first kappa shape index (κ1) is 14.5. The number of carbonyl (C=O) groups excluding carboxylic acids is 1. The minimum atomic E-state index is 0.187. The third kappa shape index (κ3) is 3.15. The van der Waals surface area contributed by atoms with Crippen LogP contribution in [-0.4, -0.2) is 26.8 Å². The van der Waals surface area contributed by atoms with E-state index in [0.717, 1.165) is 29.1 Å². The molecule has 2 aromatic heterocycles. The fourth-order valence-corrected chi connectivity index (χ4v) is 3.56. The van der Waals surface area contributed by atoms with Gasteiger partial charge < -0.3 is 9.88 Å². The largest absolute Gasteiger partial charge is 0.361 e. The van der Waals surface area contributed by atoms with Gasteiger partial charge in [-0.25, -0.2) is 4.98 Å². The van der Waals surface area contributed by atoms with Gasteiger partial charge in [0.25, 0.3) is 0 Å². The molecular weight excluding hydrogens is 306 g/mol. The van der Waals surface area contributed by atoms with Gasteiger partial charge in [-0.2, -0.15) is 0 Å². The summed E-state index contributed by atoms with van der Waals surface area (Å²) in [5.41, 5.74) is 3.21. The first-order valence-corrected chi connectivity index (χ1v) is 8.83. The number of hydrogen-bond donors (Lipinski definition) is 1. The highest BCUT2D eigenvalue weighted by Crippen LogP contribution is 2.29. The fraction of sp³-hybridized carbons (Fsp3) is 0.333. The fourth-order valence-electron chi connectivity index (χ4n) is 2.95. The van der Waals surface area contributed by atoms with Crippen LogP contribution in [0.3, 0.4) is 0 Å². The number of nitrogens with one attached hydrogen (secondary N) is 1. The maximum Gasteiger partial charge on any atom is 0.229 e. The monoisotopic (exact) mass is 325 g/mol. The number of amides is 1. The lowest BCUT2D eigenvalue weighted by Crippen LogP contribution is -2.33. The van der Waals surface area contributed by atoms with Crippen LogP contribution in [0.25, 0.3) is 10.9 Å². The Morgan fingerprint density at radius 1 is 1.39 bits per heavy atom. The number of aryl methyl sites for hydroxylation is 1. The summed E-state index contributed by atoms with van der Waals surface area (Å²) in [6.45, 7) is 2.66. The second-order valence-corrected chi connectivity index (χ2v) is 7.25. The van der Waals surface area contributed by atoms with Crippen LogP contribution in [0.1, 0.15) is 29.1 Å². The summed E-state index contributed by atoms with van der Waals surface area (Å²) in [7, 11) is 0. The van der Waals surface area contributed by atoms with E-state index in [1.54, 1.807) is 11.3 Å². The van der Waals surface area contributed by atoms with E-state index < -0.39 is 0 Å². The molecule has 0 bridgehead atoms. The molecule has 4 nitrogen and oxygen atoms in total. The number of hydrogen-bond acceptors (Lipinski definition) is 3. The van der Waals surface area contributed by atoms with Crippen molar-refractivity contribution >= 4 is 28.1 Å². The Kier molecular flexibility index (Phi) is 3.65. The van der Waals surface area contributed by atoms with E-state index in [2.05, 4.69) is 34.2 Å². The summed E-state index contributed by atoms with van der Waals surface area (Å²) >= 11 is 1.60. The average molecular weight is 325 g/mol. The molecule has 0 saturated heterocycles. The van der Waals surface area contributed by atoms with E-state index in [4.69, 9.17) is 0 Å². The molecule has 2 heterocycles. The second kappa shape index (κ2) is 5.81. The molecule has 1 fully saturated rings. The quantitative estimate of drug-likeness (QED) is 0.778. The molecule has 4 rings (SSSR count). The van der Waals surface area contributed by atoms with Crippen molar-refractivity contribution in [3.63, 3.8) is 0 Å². The normalized spacial score (nSPS) is 14.3. The number of rotatable bonds is 5. The van der Waals surface area contributed by atoms with Gasteiger partial charge in [0.15, 0.2) is 0 Å². The summed E-state index contributed by atoms with van der Waals surface area (Å²) in [5, 5.41) is 4.20. The molecule has 1 aliphatic carbocycles. The van der Waals surface area contributed by atoms with E-state index in [9.17, 15) is 4.79 Å². The highest BCUT2D eigenvalue weighted by atomic mass is 32.1. The van der Waals surface area contributed by atoms with E-state index >= 15 is 0 Å². The van der Waals surface area contributed by atoms with Gasteiger partial charge in [-0.3, -0.25) is 4.79 Å². The van der Waals surface area contributed by atoms with E-state index in [0.29, 0.717) is 19.0 Å². The van der Waals surface area contributed by atoms with Crippen molar-refractivity contribution in [1.29, 1.82) is 0 Å². The Hall–Kier alpha value is -2.14. The lowest BCUT2D eigenvalue weighted by Gasteiger charge is -2.22. The Morgan fingerprint density at radius 2 is 2.26 bits per heavy atom. The molecule has 0 unspecified atom stereocenters. The highest BCUT2D eigenvalue weighted by Gasteiger charge is 2.32. The molecular formula is C18H19N3OS. The molecule has 3 aromatic rings. The molecule has 0 radical (unpaired) electrons. The zero-order chi connectivity index (χ0) is 15.8. The average Bonchev–Trinajstić information content (AvgIpc) is 3.13. The van der Waals surface area contributed by atoms with Gasteiger partial charge in [-0.05, 0) is 48.9 Å². The van der Waals surface area contributed by atoms with Gasteiger partial charge >= 0.3 is 0 Å². The van der Waals surface area contributed by atoms with Crippen molar-refractivity contribution in [3.05, 3.63) is 52.1 Å². The molecule has 1 saturated carbocycles. The number of thiazole rings is 1. The molecule has 1 N–H and O–H groups in total. The van der Waals surface area contributed by atoms with Crippen LogP contribution in [-0.2, 0) is 17.8 Å². The third-order valence-corrected chi connectivity index (χ3v) is 5.10. The van der Waals surface area contributed by atoms with Crippen molar-refractivity contribution in [3.8, 4) is 0 Å². The SMILES string of the molecule is Cc1nc(CC(=O)N(Cc2ccc3[nH]ccc3c2)C2CC2)cs1. The topological polar surface area (TPSA) is 49.0 Å². The van der Waals surface area contributed by atoms with E-state index in [1.165, 1.54) is 10.9 Å². The predicted molar refractivity (Wildman–Crippen MR) is 92.4 cm³/mol. The molecule has 1 aliphatic rings. The smallest absolute Gasteiger partial charge is 0.229 e. The Labute approximate surface area is 139 Å². The van der Waals surface area contributed by atoms with Crippen LogP contribution in [0.4, 0.5) is 0 Å². The molecule has 5 heteroatoms. The standard InChI is InChI=1S/C18H19N3OS/c1-12-20-15(11-23-12)9-18(22)21(16-3-4-16)10-13-2-5-17-14(8-13)6-7-19-17/h2,5-8,11,16,19H,3-4,9-10H2,1H3. The van der Waals surface area contributed by atoms with Crippen LogP contribution in [0, 0.1) is 6.92 Å².